The van der Waals surface area contributed by atoms with Gasteiger partial charge in [-0.25, -0.2) is 12.8 Å². The largest absolute Gasteiger partial charge is 0.352 e. The van der Waals surface area contributed by atoms with Gasteiger partial charge in [-0.1, -0.05) is 72.3 Å². The predicted octanol–water partition coefficient (Wildman–Crippen LogP) is 5.84. The zero-order valence-electron chi connectivity index (χ0n) is 23.9. The van der Waals surface area contributed by atoms with Gasteiger partial charge in [-0.2, -0.15) is 0 Å². The Morgan fingerprint density at radius 1 is 0.814 bits per heavy atom. The molecular formula is C33H33ClFN3O4S. The molecule has 0 fully saturated rings. The van der Waals surface area contributed by atoms with Crippen molar-refractivity contribution in [3.05, 3.63) is 131 Å². The summed E-state index contributed by atoms with van der Waals surface area (Å²) < 4.78 is 42.6. The molecule has 10 heteroatoms. The number of para-hydroxylation sites is 1. The van der Waals surface area contributed by atoms with Crippen molar-refractivity contribution in [2.45, 2.75) is 43.8 Å². The minimum absolute atomic E-state index is 0.0444. The fourth-order valence-electron chi connectivity index (χ4n) is 4.58. The van der Waals surface area contributed by atoms with E-state index in [-0.39, 0.29) is 35.5 Å². The van der Waals surface area contributed by atoms with E-state index in [0.717, 1.165) is 9.87 Å². The molecule has 0 saturated carbocycles. The number of halogens is 2. The van der Waals surface area contributed by atoms with Gasteiger partial charge in [-0.3, -0.25) is 13.9 Å². The molecule has 0 unspecified atom stereocenters. The Kier molecular flexibility index (Phi) is 10.6. The molecule has 1 N–H and O–H groups in total. The summed E-state index contributed by atoms with van der Waals surface area (Å²) in [6, 6.07) is 27.7. The lowest BCUT2D eigenvalue weighted by Gasteiger charge is -2.34. The molecule has 0 aliphatic rings. The Bertz CT molecular complexity index is 1620. The first kappa shape index (κ1) is 31.7. The van der Waals surface area contributed by atoms with Crippen LogP contribution in [-0.2, 0) is 32.6 Å². The summed E-state index contributed by atoms with van der Waals surface area (Å²) in [5.41, 5.74) is 1.67. The first-order valence-electron chi connectivity index (χ1n) is 13.8. The van der Waals surface area contributed by atoms with E-state index in [4.69, 9.17) is 11.6 Å². The zero-order valence-corrected chi connectivity index (χ0v) is 25.4. The number of hydrogen-bond acceptors (Lipinski definition) is 4. The molecule has 4 aromatic carbocycles. The number of anilines is 1. The fourth-order valence-corrected chi connectivity index (χ4v) is 6.12. The summed E-state index contributed by atoms with van der Waals surface area (Å²) >= 11 is 6.01. The van der Waals surface area contributed by atoms with Crippen molar-refractivity contribution in [3.63, 3.8) is 0 Å². The molecule has 7 nitrogen and oxygen atoms in total. The molecule has 0 aliphatic carbocycles. The number of hydrogen-bond donors (Lipinski definition) is 1. The number of nitrogens with zero attached hydrogens (tertiary/aromatic N) is 2. The lowest BCUT2D eigenvalue weighted by molar-refractivity contribution is -0.140. The molecule has 0 aromatic heterocycles. The Morgan fingerprint density at radius 2 is 1.40 bits per heavy atom. The van der Waals surface area contributed by atoms with Gasteiger partial charge in [-0.05, 0) is 73.5 Å². The Balaban J connectivity index is 1.78. The SMILES string of the molecule is CC(C)NC(=O)[C@@H](Cc1ccccc1)N(Cc1ccc(F)cc1)C(=O)CN(c1ccccc1)S(=O)(=O)c1ccc(Cl)cc1. The van der Waals surface area contributed by atoms with Gasteiger partial charge in [0.1, 0.15) is 18.4 Å². The van der Waals surface area contributed by atoms with Gasteiger partial charge < -0.3 is 10.2 Å². The van der Waals surface area contributed by atoms with Gasteiger partial charge in [0, 0.05) is 24.0 Å². The average molecular weight is 622 g/mol. The highest BCUT2D eigenvalue weighted by Crippen LogP contribution is 2.26. The van der Waals surface area contributed by atoms with Gasteiger partial charge >= 0.3 is 0 Å². The lowest BCUT2D eigenvalue weighted by Crippen LogP contribution is -2.54. The first-order chi connectivity index (χ1) is 20.5. The van der Waals surface area contributed by atoms with Crippen LogP contribution in [0.4, 0.5) is 10.1 Å². The minimum Gasteiger partial charge on any atom is -0.352 e. The molecule has 0 spiro atoms. The molecule has 224 valence electrons. The lowest BCUT2D eigenvalue weighted by atomic mass is 10.0. The third-order valence-corrected chi connectivity index (χ3v) is 8.73. The van der Waals surface area contributed by atoms with Gasteiger partial charge in [-0.15, -0.1) is 0 Å². The van der Waals surface area contributed by atoms with E-state index in [1.165, 1.54) is 53.4 Å². The summed E-state index contributed by atoms with van der Waals surface area (Å²) in [5, 5.41) is 3.27. The number of benzene rings is 4. The molecule has 1 atom stereocenters. The number of sulfonamides is 1. The van der Waals surface area contributed by atoms with Gasteiger partial charge in [0.25, 0.3) is 10.0 Å². The summed E-state index contributed by atoms with van der Waals surface area (Å²) in [5.74, 6) is -1.43. The molecule has 0 heterocycles. The van der Waals surface area contributed by atoms with Crippen LogP contribution in [0.15, 0.2) is 114 Å². The summed E-state index contributed by atoms with van der Waals surface area (Å²) in [4.78, 5) is 29.3. The number of carbonyl (C=O) groups is 2. The normalized spacial score (nSPS) is 12.0. The van der Waals surface area contributed by atoms with E-state index in [2.05, 4.69) is 5.32 Å². The summed E-state index contributed by atoms with van der Waals surface area (Å²) in [6.07, 6.45) is 0.182. The first-order valence-corrected chi connectivity index (χ1v) is 15.6. The van der Waals surface area contributed by atoms with E-state index in [9.17, 15) is 22.4 Å². The molecule has 0 aliphatic heterocycles. The van der Waals surface area contributed by atoms with Gasteiger partial charge in [0.15, 0.2) is 0 Å². The highest BCUT2D eigenvalue weighted by molar-refractivity contribution is 7.92. The van der Waals surface area contributed by atoms with E-state index in [1.54, 1.807) is 30.3 Å². The molecule has 0 saturated heterocycles. The van der Waals surface area contributed by atoms with Crippen LogP contribution in [0.25, 0.3) is 0 Å². The number of rotatable bonds is 12. The van der Waals surface area contributed by atoms with Crippen LogP contribution >= 0.6 is 11.6 Å². The van der Waals surface area contributed by atoms with Crippen molar-refractivity contribution in [1.82, 2.24) is 10.2 Å². The molecule has 4 rings (SSSR count). The second-order valence-corrected chi connectivity index (χ2v) is 12.6. The second kappa shape index (κ2) is 14.3. The van der Waals surface area contributed by atoms with E-state index in [1.807, 2.05) is 44.2 Å². The molecule has 0 bridgehead atoms. The quantitative estimate of drug-likeness (QED) is 0.215. The second-order valence-electron chi connectivity index (χ2n) is 10.3. The average Bonchev–Trinajstić information content (AvgIpc) is 2.99. The highest BCUT2D eigenvalue weighted by Gasteiger charge is 2.34. The third-order valence-electron chi connectivity index (χ3n) is 6.69. The van der Waals surface area contributed by atoms with Crippen molar-refractivity contribution >= 4 is 39.1 Å². The van der Waals surface area contributed by atoms with Crippen molar-refractivity contribution in [3.8, 4) is 0 Å². The number of nitrogens with one attached hydrogen (secondary N) is 1. The maximum absolute atomic E-state index is 14.3. The van der Waals surface area contributed by atoms with Gasteiger partial charge in [0.05, 0.1) is 10.6 Å². The number of carbonyl (C=O) groups excluding carboxylic acids is 2. The molecule has 4 aromatic rings. The van der Waals surface area contributed by atoms with Crippen LogP contribution in [0.5, 0.6) is 0 Å². The molecule has 43 heavy (non-hydrogen) atoms. The molecular weight excluding hydrogens is 589 g/mol. The van der Waals surface area contributed by atoms with E-state index < -0.39 is 34.3 Å². The minimum atomic E-state index is -4.22. The Hall–Kier alpha value is -4.21. The molecule has 2 amide bonds. The van der Waals surface area contributed by atoms with Crippen molar-refractivity contribution in [1.29, 1.82) is 0 Å². The monoisotopic (exact) mass is 621 g/mol. The van der Waals surface area contributed by atoms with Crippen LogP contribution < -0.4 is 9.62 Å². The predicted molar refractivity (Wildman–Crippen MR) is 167 cm³/mol. The van der Waals surface area contributed by atoms with E-state index in [0.29, 0.717) is 10.6 Å². The maximum Gasteiger partial charge on any atom is 0.264 e. The van der Waals surface area contributed by atoms with Crippen molar-refractivity contribution in [2.75, 3.05) is 10.8 Å². The standard InChI is InChI=1S/C33H33ClFN3O4S/c1-24(2)36-33(40)31(21-25-9-5-3-6-10-25)37(22-26-13-17-28(35)18-14-26)32(39)23-38(29-11-7-4-8-12-29)43(41,42)30-19-15-27(34)16-20-30/h3-20,24,31H,21-23H2,1-2H3,(H,36,40)/t31-/m1/s1. The smallest absolute Gasteiger partial charge is 0.264 e. The summed E-state index contributed by atoms with van der Waals surface area (Å²) in [7, 11) is -4.22. The van der Waals surface area contributed by atoms with Crippen LogP contribution in [0.1, 0.15) is 25.0 Å². The fraction of sp³-hybridized carbons (Fsp3) is 0.212. The third kappa shape index (κ3) is 8.43. The zero-order chi connectivity index (χ0) is 31.0. The van der Waals surface area contributed by atoms with Crippen LogP contribution in [0.2, 0.25) is 5.02 Å². The molecule has 0 radical (unpaired) electrons. The highest BCUT2D eigenvalue weighted by atomic mass is 35.5. The van der Waals surface area contributed by atoms with Gasteiger partial charge in [0.2, 0.25) is 11.8 Å². The van der Waals surface area contributed by atoms with Crippen LogP contribution in [0, 0.1) is 5.82 Å². The summed E-state index contributed by atoms with van der Waals surface area (Å²) in [6.45, 7) is 3.00. The van der Waals surface area contributed by atoms with E-state index >= 15 is 0 Å². The van der Waals surface area contributed by atoms with Crippen LogP contribution in [0.3, 0.4) is 0 Å². The Labute approximate surface area is 257 Å². The topological polar surface area (TPSA) is 86.8 Å². The number of amides is 2. The Morgan fingerprint density at radius 3 is 1.98 bits per heavy atom. The van der Waals surface area contributed by atoms with Crippen molar-refractivity contribution in [2.24, 2.45) is 0 Å². The van der Waals surface area contributed by atoms with Crippen molar-refractivity contribution < 1.29 is 22.4 Å². The van der Waals surface area contributed by atoms with Crippen LogP contribution in [-0.4, -0.2) is 43.8 Å². The maximum atomic E-state index is 14.3.